The average Bonchev–Trinajstić information content (AvgIpc) is 3.03. The van der Waals surface area contributed by atoms with Crippen molar-refractivity contribution in [1.29, 1.82) is 0 Å². The Balaban J connectivity index is 1.65. The van der Waals surface area contributed by atoms with Gasteiger partial charge in [0, 0.05) is 38.5 Å². The molecule has 0 saturated carbocycles. The SMILES string of the molecule is CC(=O)ON1N=C(C(F)(F)F)N2CCN(C(=O)C[C@H](N)Cc3cc(F)c(F)cc3F)CC12. The lowest BCUT2D eigenvalue weighted by Crippen LogP contribution is -2.59. The first-order chi connectivity index (χ1) is 14.9. The lowest BCUT2D eigenvalue weighted by atomic mass is 10.0. The molecule has 1 saturated heterocycles. The summed E-state index contributed by atoms with van der Waals surface area (Å²) < 4.78 is 79.9. The van der Waals surface area contributed by atoms with Crippen molar-refractivity contribution < 1.29 is 40.8 Å². The molecule has 8 nitrogen and oxygen atoms in total. The minimum atomic E-state index is -4.80. The highest BCUT2D eigenvalue weighted by atomic mass is 19.4. The molecule has 1 unspecified atom stereocenters. The van der Waals surface area contributed by atoms with Crippen molar-refractivity contribution in [1.82, 2.24) is 15.0 Å². The third kappa shape index (κ3) is 5.06. The van der Waals surface area contributed by atoms with Gasteiger partial charge in [-0.1, -0.05) is 5.17 Å². The number of fused-ring (bicyclic) bond motifs is 1. The fourth-order valence-electron chi connectivity index (χ4n) is 3.51. The van der Waals surface area contributed by atoms with E-state index in [9.17, 15) is 35.9 Å². The summed E-state index contributed by atoms with van der Waals surface area (Å²) in [6.07, 6.45) is -6.57. The van der Waals surface area contributed by atoms with Crippen molar-refractivity contribution in [2.75, 3.05) is 19.6 Å². The van der Waals surface area contributed by atoms with Crippen LogP contribution in [0.5, 0.6) is 0 Å². The van der Waals surface area contributed by atoms with Crippen LogP contribution in [0.4, 0.5) is 26.3 Å². The third-order valence-corrected chi connectivity index (χ3v) is 4.91. The van der Waals surface area contributed by atoms with Crippen molar-refractivity contribution in [3.8, 4) is 0 Å². The summed E-state index contributed by atoms with van der Waals surface area (Å²) in [6.45, 7) is 0.388. The molecule has 2 aliphatic heterocycles. The molecule has 0 spiro atoms. The number of benzene rings is 1. The topological polar surface area (TPSA) is 91.5 Å². The van der Waals surface area contributed by atoms with E-state index in [4.69, 9.17) is 10.6 Å². The number of piperazine rings is 1. The Bertz CT molecular complexity index is 940. The van der Waals surface area contributed by atoms with Gasteiger partial charge in [0.05, 0.1) is 6.54 Å². The second kappa shape index (κ2) is 8.84. The van der Waals surface area contributed by atoms with Crippen molar-refractivity contribution in [3.63, 3.8) is 0 Å². The molecule has 3 rings (SSSR count). The number of hydrazone groups is 1. The number of hydrogen-bond acceptors (Lipinski definition) is 7. The number of carbonyl (C=O) groups is 2. The summed E-state index contributed by atoms with van der Waals surface area (Å²) in [5.74, 6) is -6.33. The number of nitrogens with zero attached hydrogens (tertiary/aromatic N) is 4. The first-order valence-corrected chi connectivity index (χ1v) is 9.43. The largest absolute Gasteiger partial charge is 0.451 e. The van der Waals surface area contributed by atoms with E-state index in [1.807, 2.05) is 0 Å². The Kier molecular flexibility index (Phi) is 6.53. The molecule has 0 aromatic heterocycles. The molecule has 14 heteroatoms. The van der Waals surface area contributed by atoms with Crippen LogP contribution in [0, 0.1) is 17.5 Å². The van der Waals surface area contributed by atoms with E-state index in [0.717, 1.165) is 11.8 Å². The predicted molar refractivity (Wildman–Crippen MR) is 96.8 cm³/mol. The smallest absolute Gasteiger partial charge is 0.337 e. The minimum Gasteiger partial charge on any atom is -0.337 e. The number of hydroxylamine groups is 1. The summed E-state index contributed by atoms with van der Waals surface area (Å²) in [4.78, 5) is 30.7. The van der Waals surface area contributed by atoms with Gasteiger partial charge in [0.15, 0.2) is 17.8 Å². The van der Waals surface area contributed by atoms with E-state index in [2.05, 4.69) is 5.10 Å². The Labute approximate surface area is 178 Å². The van der Waals surface area contributed by atoms with Crippen LogP contribution >= 0.6 is 0 Å². The van der Waals surface area contributed by atoms with Crippen LogP contribution < -0.4 is 5.73 Å². The van der Waals surface area contributed by atoms with Gasteiger partial charge in [-0.25, -0.2) is 18.0 Å². The molecule has 1 fully saturated rings. The molecule has 176 valence electrons. The van der Waals surface area contributed by atoms with E-state index in [1.165, 1.54) is 4.90 Å². The maximum atomic E-state index is 13.8. The summed E-state index contributed by atoms with van der Waals surface area (Å²) in [5, 5.41) is 3.82. The molecule has 2 atom stereocenters. The highest BCUT2D eigenvalue weighted by molar-refractivity contribution is 5.89. The van der Waals surface area contributed by atoms with Crippen LogP contribution in [0.15, 0.2) is 17.2 Å². The van der Waals surface area contributed by atoms with Gasteiger partial charge in [0.1, 0.15) is 5.82 Å². The van der Waals surface area contributed by atoms with Gasteiger partial charge in [0.25, 0.3) is 0 Å². The fourth-order valence-corrected chi connectivity index (χ4v) is 3.51. The molecule has 0 radical (unpaired) electrons. The van der Waals surface area contributed by atoms with Gasteiger partial charge in [-0.2, -0.15) is 13.2 Å². The number of halogens is 6. The van der Waals surface area contributed by atoms with Crippen molar-refractivity contribution in [2.24, 2.45) is 10.8 Å². The van der Waals surface area contributed by atoms with E-state index in [0.29, 0.717) is 17.3 Å². The Hall–Kier alpha value is -3.03. The molecule has 2 aliphatic rings. The zero-order chi connectivity index (χ0) is 23.8. The molecular weight excluding hydrogens is 448 g/mol. The highest BCUT2D eigenvalue weighted by Crippen LogP contribution is 2.30. The highest BCUT2D eigenvalue weighted by Gasteiger charge is 2.51. The summed E-state index contributed by atoms with van der Waals surface area (Å²) >= 11 is 0. The van der Waals surface area contributed by atoms with Gasteiger partial charge in [-0.3, -0.25) is 4.79 Å². The number of hydrogen-bond donors (Lipinski definition) is 1. The molecule has 0 bridgehead atoms. The fraction of sp³-hybridized carbons (Fsp3) is 0.500. The zero-order valence-corrected chi connectivity index (χ0v) is 16.7. The third-order valence-electron chi connectivity index (χ3n) is 4.91. The van der Waals surface area contributed by atoms with Crippen molar-refractivity contribution >= 4 is 17.7 Å². The quantitative estimate of drug-likeness (QED) is 0.522. The van der Waals surface area contributed by atoms with Crippen LogP contribution in [-0.4, -0.2) is 70.7 Å². The van der Waals surface area contributed by atoms with Crippen LogP contribution in [0.2, 0.25) is 0 Å². The number of rotatable bonds is 5. The second-order valence-electron chi connectivity index (χ2n) is 7.35. The molecule has 1 amide bonds. The maximum Gasteiger partial charge on any atom is 0.451 e. The van der Waals surface area contributed by atoms with Gasteiger partial charge >= 0.3 is 12.1 Å². The number of nitrogens with two attached hydrogens (primary N) is 1. The lowest BCUT2D eigenvalue weighted by Gasteiger charge is -2.40. The lowest BCUT2D eigenvalue weighted by molar-refractivity contribution is -0.210. The molecular formula is C18H19F6N5O3. The van der Waals surface area contributed by atoms with E-state index >= 15 is 0 Å². The first kappa shape index (κ1) is 23.6. The molecule has 0 aliphatic carbocycles. The molecule has 32 heavy (non-hydrogen) atoms. The van der Waals surface area contributed by atoms with E-state index in [1.54, 1.807) is 0 Å². The minimum absolute atomic E-state index is 0.0927. The van der Waals surface area contributed by atoms with Crippen LogP contribution in [0.1, 0.15) is 18.9 Å². The Morgan fingerprint density at radius 3 is 2.47 bits per heavy atom. The second-order valence-corrected chi connectivity index (χ2v) is 7.35. The summed E-state index contributed by atoms with van der Waals surface area (Å²) in [7, 11) is 0. The molecule has 1 aromatic carbocycles. The van der Waals surface area contributed by atoms with E-state index < -0.39 is 53.5 Å². The van der Waals surface area contributed by atoms with Crippen LogP contribution in [-0.2, 0) is 20.8 Å². The van der Waals surface area contributed by atoms with Gasteiger partial charge < -0.3 is 20.4 Å². The number of amides is 1. The zero-order valence-electron chi connectivity index (χ0n) is 16.7. The Morgan fingerprint density at radius 1 is 1.19 bits per heavy atom. The van der Waals surface area contributed by atoms with Crippen molar-refractivity contribution in [2.45, 2.75) is 38.1 Å². The van der Waals surface area contributed by atoms with Crippen LogP contribution in [0.25, 0.3) is 0 Å². The summed E-state index contributed by atoms with van der Waals surface area (Å²) in [5.41, 5.74) is 5.64. The molecule has 2 N–H and O–H groups in total. The number of carbonyl (C=O) groups excluding carboxylic acids is 2. The van der Waals surface area contributed by atoms with Gasteiger partial charge in [-0.05, 0) is 18.1 Å². The first-order valence-electron chi connectivity index (χ1n) is 9.43. The molecule has 1 aromatic rings. The van der Waals surface area contributed by atoms with Gasteiger partial charge in [0.2, 0.25) is 11.7 Å². The van der Waals surface area contributed by atoms with Crippen molar-refractivity contribution in [3.05, 3.63) is 35.1 Å². The number of amidine groups is 1. The normalized spacial score (nSPS) is 19.6. The monoisotopic (exact) mass is 467 g/mol. The Morgan fingerprint density at radius 2 is 1.84 bits per heavy atom. The van der Waals surface area contributed by atoms with Crippen LogP contribution in [0.3, 0.4) is 0 Å². The maximum absolute atomic E-state index is 13.8. The average molecular weight is 467 g/mol. The van der Waals surface area contributed by atoms with E-state index in [-0.39, 0.29) is 38.0 Å². The standard InChI is InChI=1S/C18H19F6N5O3/c1-9(30)32-29-15-8-27(2-3-28(15)17(26-29)18(22,23)24)16(31)6-11(25)4-10-5-13(20)14(21)7-12(10)19/h5,7,11,15H,2-4,6,8,25H2,1H3/t11-,15?/m1/s1. The molecule has 2 heterocycles. The van der Waals surface area contributed by atoms with Gasteiger partial charge in [-0.15, -0.1) is 5.10 Å². The number of alkyl halides is 3. The predicted octanol–water partition coefficient (Wildman–Crippen LogP) is 1.50. The summed E-state index contributed by atoms with van der Waals surface area (Å²) in [6, 6.07) is 0.0645.